The van der Waals surface area contributed by atoms with Crippen molar-refractivity contribution in [2.75, 3.05) is 6.26 Å². The summed E-state index contributed by atoms with van der Waals surface area (Å²) in [7, 11) is 0. The van der Waals surface area contributed by atoms with Crippen LogP contribution in [-0.4, -0.2) is 11.4 Å². The molecular weight excluding hydrogens is 293 g/mol. The predicted molar refractivity (Wildman–Crippen MR) is 68.2 cm³/mol. The van der Waals surface area contributed by atoms with Crippen LogP contribution in [0.1, 0.15) is 5.56 Å². The SMILES string of the molecule is CSC(=Nc1ccc(Br)c(F)c1C)NC#N. The third-order valence-electron chi connectivity index (χ3n) is 1.89. The van der Waals surface area contributed by atoms with E-state index < -0.39 is 0 Å². The summed E-state index contributed by atoms with van der Waals surface area (Å²) in [5.41, 5.74) is 0.952. The smallest absolute Gasteiger partial charge is 0.183 e. The molecule has 1 aromatic carbocycles. The molecule has 0 unspecified atom stereocenters. The summed E-state index contributed by atoms with van der Waals surface area (Å²) in [6, 6.07) is 3.28. The van der Waals surface area contributed by atoms with E-state index >= 15 is 0 Å². The third kappa shape index (κ3) is 2.97. The van der Waals surface area contributed by atoms with Crippen LogP contribution < -0.4 is 5.32 Å². The van der Waals surface area contributed by atoms with Crippen molar-refractivity contribution in [2.24, 2.45) is 4.99 Å². The Bertz CT molecular complexity index is 468. The highest BCUT2D eigenvalue weighted by Gasteiger charge is 2.08. The lowest BCUT2D eigenvalue weighted by Gasteiger charge is -2.05. The van der Waals surface area contributed by atoms with Gasteiger partial charge in [-0.2, -0.15) is 5.26 Å². The van der Waals surface area contributed by atoms with Crippen molar-refractivity contribution in [1.82, 2.24) is 5.32 Å². The van der Waals surface area contributed by atoms with Gasteiger partial charge in [0, 0.05) is 5.56 Å². The topological polar surface area (TPSA) is 48.2 Å². The Morgan fingerprint density at radius 1 is 1.62 bits per heavy atom. The molecule has 0 saturated heterocycles. The molecule has 0 heterocycles. The summed E-state index contributed by atoms with van der Waals surface area (Å²) >= 11 is 4.39. The molecule has 16 heavy (non-hydrogen) atoms. The van der Waals surface area contributed by atoms with Crippen LogP contribution in [-0.2, 0) is 0 Å². The first kappa shape index (κ1) is 13.0. The standard InChI is InChI=1S/C10H9BrFN3S/c1-6-8(4-3-7(11)9(6)12)15-10(16-2)14-5-13/h3-4H,1-2H3,(H,14,15). The van der Waals surface area contributed by atoms with E-state index in [0.717, 1.165) is 0 Å². The second-order valence-corrected chi connectivity index (χ2v) is 4.51. The van der Waals surface area contributed by atoms with E-state index in [4.69, 9.17) is 5.26 Å². The molecule has 0 amide bonds. The first-order valence-corrected chi connectivity index (χ1v) is 6.34. The van der Waals surface area contributed by atoms with Gasteiger partial charge in [0.25, 0.3) is 0 Å². The molecule has 0 saturated carbocycles. The lowest BCUT2D eigenvalue weighted by atomic mass is 10.2. The van der Waals surface area contributed by atoms with Crippen molar-refractivity contribution >= 4 is 38.5 Å². The average Bonchev–Trinajstić information content (AvgIpc) is 2.29. The minimum absolute atomic E-state index is 0.335. The van der Waals surface area contributed by atoms with Crippen LogP contribution >= 0.6 is 27.7 Å². The van der Waals surface area contributed by atoms with Crippen LogP contribution in [0, 0.1) is 24.2 Å². The van der Waals surface area contributed by atoms with Crippen LogP contribution in [0.15, 0.2) is 21.6 Å². The lowest BCUT2D eigenvalue weighted by Crippen LogP contribution is -2.12. The van der Waals surface area contributed by atoms with E-state index in [1.54, 1.807) is 31.5 Å². The van der Waals surface area contributed by atoms with Gasteiger partial charge in [-0.1, -0.05) is 11.8 Å². The molecule has 0 bridgehead atoms. The fourth-order valence-electron chi connectivity index (χ4n) is 1.04. The molecule has 0 fully saturated rings. The minimum atomic E-state index is -0.335. The number of halogens is 2. The molecule has 0 aliphatic carbocycles. The molecule has 1 rings (SSSR count). The first-order valence-electron chi connectivity index (χ1n) is 4.32. The number of amidine groups is 1. The molecule has 0 aliphatic rings. The maximum absolute atomic E-state index is 13.5. The molecule has 0 aliphatic heterocycles. The van der Waals surface area contributed by atoms with E-state index in [0.29, 0.717) is 20.9 Å². The number of nitrogens with one attached hydrogen (secondary N) is 1. The fourth-order valence-corrected chi connectivity index (χ4v) is 1.81. The molecule has 0 aromatic heterocycles. The summed E-state index contributed by atoms with van der Waals surface area (Å²) in [5.74, 6) is -0.335. The summed E-state index contributed by atoms with van der Waals surface area (Å²) in [4.78, 5) is 4.15. The number of rotatable bonds is 1. The highest BCUT2D eigenvalue weighted by atomic mass is 79.9. The van der Waals surface area contributed by atoms with Crippen molar-refractivity contribution in [2.45, 2.75) is 6.92 Å². The van der Waals surface area contributed by atoms with E-state index in [1.165, 1.54) is 11.8 Å². The van der Waals surface area contributed by atoms with Gasteiger partial charge in [0.1, 0.15) is 5.82 Å². The largest absolute Gasteiger partial charge is 0.271 e. The summed E-state index contributed by atoms with van der Waals surface area (Å²) in [6.45, 7) is 1.64. The predicted octanol–water partition coefficient (Wildman–Crippen LogP) is 3.32. The zero-order valence-corrected chi connectivity index (χ0v) is 11.1. The number of hydrogen-bond acceptors (Lipinski definition) is 3. The van der Waals surface area contributed by atoms with Crippen molar-refractivity contribution in [3.63, 3.8) is 0 Å². The third-order valence-corrected chi connectivity index (χ3v) is 3.08. The van der Waals surface area contributed by atoms with Gasteiger partial charge in [-0.25, -0.2) is 9.38 Å². The van der Waals surface area contributed by atoms with E-state index in [9.17, 15) is 4.39 Å². The van der Waals surface area contributed by atoms with Crippen LogP contribution in [0.5, 0.6) is 0 Å². The Morgan fingerprint density at radius 3 is 2.88 bits per heavy atom. The van der Waals surface area contributed by atoms with E-state index in [1.807, 2.05) is 0 Å². The fraction of sp³-hybridized carbons (Fsp3) is 0.200. The van der Waals surface area contributed by atoms with Gasteiger partial charge in [-0.05, 0) is 41.2 Å². The normalized spacial score (nSPS) is 11.1. The number of aliphatic imine (C=N–C) groups is 1. The van der Waals surface area contributed by atoms with Gasteiger partial charge >= 0.3 is 0 Å². The Kier molecular flexibility index (Phi) is 4.77. The van der Waals surface area contributed by atoms with Gasteiger partial charge in [-0.15, -0.1) is 0 Å². The molecule has 1 N–H and O–H groups in total. The Labute approximate surface area is 106 Å². The number of nitriles is 1. The highest BCUT2D eigenvalue weighted by molar-refractivity contribution is 9.10. The number of thioether (sulfide) groups is 1. The second-order valence-electron chi connectivity index (χ2n) is 2.86. The molecule has 0 spiro atoms. The van der Waals surface area contributed by atoms with Crippen molar-refractivity contribution in [3.8, 4) is 6.19 Å². The molecule has 84 valence electrons. The first-order chi connectivity index (χ1) is 7.60. The Balaban J connectivity index is 3.15. The molecule has 0 atom stereocenters. The van der Waals surface area contributed by atoms with Gasteiger partial charge in [0.2, 0.25) is 0 Å². The number of hydrogen-bond donors (Lipinski definition) is 1. The van der Waals surface area contributed by atoms with Gasteiger partial charge in [-0.3, -0.25) is 5.32 Å². The van der Waals surface area contributed by atoms with E-state index in [-0.39, 0.29) is 5.82 Å². The van der Waals surface area contributed by atoms with Crippen LogP contribution in [0.3, 0.4) is 0 Å². The van der Waals surface area contributed by atoms with E-state index in [2.05, 4.69) is 26.2 Å². The maximum atomic E-state index is 13.5. The molecule has 0 radical (unpaired) electrons. The Hall–Kier alpha value is -1.06. The van der Waals surface area contributed by atoms with Crippen LogP contribution in [0.2, 0.25) is 0 Å². The van der Waals surface area contributed by atoms with Crippen LogP contribution in [0.4, 0.5) is 10.1 Å². The van der Waals surface area contributed by atoms with Gasteiger partial charge in [0.15, 0.2) is 11.4 Å². The zero-order chi connectivity index (χ0) is 12.1. The second kappa shape index (κ2) is 5.87. The van der Waals surface area contributed by atoms with Crippen LogP contribution in [0.25, 0.3) is 0 Å². The monoisotopic (exact) mass is 301 g/mol. The van der Waals surface area contributed by atoms with Gasteiger partial charge in [0.05, 0.1) is 10.2 Å². The highest BCUT2D eigenvalue weighted by Crippen LogP contribution is 2.27. The summed E-state index contributed by atoms with van der Waals surface area (Å²) in [5, 5.41) is 11.3. The molecule has 6 heteroatoms. The van der Waals surface area contributed by atoms with Gasteiger partial charge < -0.3 is 0 Å². The average molecular weight is 302 g/mol. The van der Waals surface area contributed by atoms with Crippen molar-refractivity contribution in [1.29, 1.82) is 5.26 Å². The molecule has 1 aromatic rings. The molecular formula is C10H9BrFN3S. The molecule has 3 nitrogen and oxygen atoms in total. The quantitative estimate of drug-likeness (QED) is 0.375. The number of benzene rings is 1. The van der Waals surface area contributed by atoms with Crippen molar-refractivity contribution < 1.29 is 4.39 Å². The summed E-state index contributed by atoms with van der Waals surface area (Å²) in [6.07, 6.45) is 3.57. The maximum Gasteiger partial charge on any atom is 0.183 e. The zero-order valence-electron chi connectivity index (χ0n) is 8.71. The summed E-state index contributed by atoms with van der Waals surface area (Å²) < 4.78 is 13.9. The number of nitrogens with zero attached hydrogens (tertiary/aromatic N) is 2. The minimum Gasteiger partial charge on any atom is -0.271 e. The lowest BCUT2D eigenvalue weighted by molar-refractivity contribution is 0.612. The Morgan fingerprint density at radius 2 is 2.31 bits per heavy atom. The van der Waals surface area contributed by atoms with Crippen molar-refractivity contribution in [3.05, 3.63) is 28.0 Å².